The van der Waals surface area contributed by atoms with Gasteiger partial charge in [-0.3, -0.25) is 14.0 Å². The van der Waals surface area contributed by atoms with E-state index in [1.165, 1.54) is 33.4 Å². The second-order valence-corrected chi connectivity index (χ2v) is 11.7. The van der Waals surface area contributed by atoms with Gasteiger partial charge in [0, 0.05) is 25.2 Å². The number of sulfone groups is 1. The number of aryl methyl sites for hydroxylation is 2. The van der Waals surface area contributed by atoms with Gasteiger partial charge in [-0.15, -0.1) is 0 Å². The van der Waals surface area contributed by atoms with Crippen molar-refractivity contribution in [1.29, 1.82) is 0 Å². The van der Waals surface area contributed by atoms with Crippen LogP contribution in [0.5, 0.6) is 17.4 Å². The number of hydrogen-bond acceptors (Lipinski definition) is 8. The SMILES string of the molecule is COc1cccc(OC)c1-n1c(CCC(C)C)nc(O)c(S(=O)(=O)c2cccc(-c3cn(C)nc3C(F)(F)F)c2)c1=O. The molecule has 2 heterocycles. The molecule has 4 rings (SSSR count). The molecule has 0 aliphatic carbocycles. The fourth-order valence-corrected chi connectivity index (χ4v) is 5.88. The van der Waals surface area contributed by atoms with E-state index in [0.717, 1.165) is 27.6 Å². The molecule has 0 amide bonds. The van der Waals surface area contributed by atoms with Gasteiger partial charge in [0.25, 0.3) is 5.56 Å². The van der Waals surface area contributed by atoms with E-state index >= 15 is 0 Å². The normalized spacial score (nSPS) is 12.1. The predicted octanol–water partition coefficient (Wildman–Crippen LogP) is 4.80. The Hall–Kier alpha value is -4.33. The molecule has 10 nitrogen and oxygen atoms in total. The third kappa shape index (κ3) is 5.71. The van der Waals surface area contributed by atoms with Crippen LogP contribution in [0.2, 0.25) is 0 Å². The maximum atomic E-state index is 14.1. The Morgan fingerprint density at radius 2 is 1.67 bits per heavy atom. The number of alkyl halides is 3. The highest BCUT2D eigenvalue weighted by molar-refractivity contribution is 7.91. The number of nitrogens with zero attached hydrogens (tertiary/aromatic N) is 4. The minimum absolute atomic E-state index is 0.0619. The molecule has 0 atom stereocenters. The zero-order valence-corrected chi connectivity index (χ0v) is 24.2. The third-order valence-electron chi connectivity index (χ3n) is 6.49. The molecule has 2 aromatic carbocycles. The largest absolute Gasteiger partial charge is 0.494 e. The summed E-state index contributed by atoms with van der Waals surface area (Å²) >= 11 is 0. The molecule has 0 unspecified atom stereocenters. The highest BCUT2D eigenvalue weighted by Crippen LogP contribution is 2.38. The van der Waals surface area contributed by atoms with Crippen LogP contribution in [-0.4, -0.2) is 47.1 Å². The molecule has 14 heteroatoms. The van der Waals surface area contributed by atoms with Crippen LogP contribution in [0.25, 0.3) is 16.8 Å². The number of rotatable bonds is 9. The summed E-state index contributed by atoms with van der Waals surface area (Å²) < 4.78 is 81.6. The van der Waals surface area contributed by atoms with Gasteiger partial charge in [-0.05, 0) is 42.2 Å². The van der Waals surface area contributed by atoms with E-state index in [9.17, 15) is 31.5 Å². The average molecular weight is 607 g/mol. The summed E-state index contributed by atoms with van der Waals surface area (Å²) in [4.78, 5) is 16.6. The van der Waals surface area contributed by atoms with Crippen LogP contribution >= 0.6 is 0 Å². The van der Waals surface area contributed by atoms with E-state index in [0.29, 0.717) is 6.42 Å². The summed E-state index contributed by atoms with van der Waals surface area (Å²) in [5.74, 6) is -0.441. The molecule has 0 saturated heterocycles. The van der Waals surface area contributed by atoms with Crippen molar-refractivity contribution in [3.8, 4) is 34.2 Å². The summed E-state index contributed by atoms with van der Waals surface area (Å²) in [6.07, 6.45) is -2.96. The monoisotopic (exact) mass is 606 g/mol. The summed E-state index contributed by atoms with van der Waals surface area (Å²) in [6.45, 7) is 3.90. The lowest BCUT2D eigenvalue weighted by Crippen LogP contribution is -2.30. The molecule has 4 aromatic rings. The van der Waals surface area contributed by atoms with Crippen LogP contribution in [0, 0.1) is 5.92 Å². The van der Waals surface area contributed by atoms with E-state index in [2.05, 4.69) is 10.1 Å². The lowest BCUT2D eigenvalue weighted by atomic mass is 10.1. The minimum atomic E-state index is -4.83. The first-order valence-corrected chi connectivity index (χ1v) is 14.2. The van der Waals surface area contributed by atoms with Gasteiger partial charge in [0.15, 0.2) is 10.6 Å². The number of benzene rings is 2. The summed E-state index contributed by atoms with van der Waals surface area (Å²) in [5.41, 5.74) is -2.72. The molecule has 1 N–H and O–H groups in total. The van der Waals surface area contributed by atoms with Crippen molar-refractivity contribution in [2.24, 2.45) is 13.0 Å². The maximum absolute atomic E-state index is 14.1. The van der Waals surface area contributed by atoms with Crippen molar-refractivity contribution in [2.45, 2.75) is 42.7 Å². The third-order valence-corrected chi connectivity index (χ3v) is 8.25. The van der Waals surface area contributed by atoms with E-state index in [-0.39, 0.29) is 46.5 Å². The average Bonchev–Trinajstić information content (AvgIpc) is 3.34. The highest BCUT2D eigenvalue weighted by Gasteiger charge is 2.38. The Morgan fingerprint density at radius 3 is 2.24 bits per heavy atom. The second kappa shape index (κ2) is 11.5. The number of hydrogen-bond donors (Lipinski definition) is 1. The molecular weight excluding hydrogens is 577 g/mol. The minimum Gasteiger partial charge on any atom is -0.494 e. The van der Waals surface area contributed by atoms with Crippen molar-refractivity contribution >= 4 is 9.84 Å². The molecule has 0 fully saturated rings. The van der Waals surface area contributed by atoms with E-state index in [4.69, 9.17) is 9.47 Å². The Morgan fingerprint density at radius 1 is 1.05 bits per heavy atom. The Labute approximate surface area is 239 Å². The lowest BCUT2D eigenvalue weighted by Gasteiger charge is -2.20. The number of halogens is 3. The fraction of sp³-hybridized carbons (Fsp3) is 0.321. The van der Waals surface area contributed by atoms with Crippen LogP contribution in [0.4, 0.5) is 13.2 Å². The number of aromatic hydroxyl groups is 1. The van der Waals surface area contributed by atoms with Crippen LogP contribution in [0.3, 0.4) is 0 Å². The molecule has 0 radical (unpaired) electrons. The van der Waals surface area contributed by atoms with Gasteiger partial charge in [0.05, 0.1) is 19.1 Å². The molecule has 0 aliphatic rings. The van der Waals surface area contributed by atoms with Crippen molar-refractivity contribution in [2.75, 3.05) is 14.2 Å². The zero-order valence-electron chi connectivity index (χ0n) is 23.4. The number of methoxy groups -OCH3 is 2. The van der Waals surface area contributed by atoms with Crippen LogP contribution in [0.15, 0.2) is 63.2 Å². The molecule has 42 heavy (non-hydrogen) atoms. The van der Waals surface area contributed by atoms with E-state index in [1.807, 2.05) is 13.8 Å². The molecule has 224 valence electrons. The lowest BCUT2D eigenvalue weighted by molar-refractivity contribution is -0.140. The van der Waals surface area contributed by atoms with Crippen molar-refractivity contribution in [3.05, 3.63) is 70.5 Å². The summed E-state index contributed by atoms with van der Waals surface area (Å²) in [7, 11) is -0.796. The van der Waals surface area contributed by atoms with Crippen molar-refractivity contribution < 1.29 is 36.2 Å². The number of aromatic nitrogens is 4. The summed E-state index contributed by atoms with van der Waals surface area (Å²) in [5, 5.41) is 14.3. The first-order chi connectivity index (χ1) is 19.7. The van der Waals surface area contributed by atoms with Gasteiger partial charge in [0.1, 0.15) is 23.0 Å². The molecule has 0 bridgehead atoms. The zero-order chi connectivity index (χ0) is 31.0. The predicted molar refractivity (Wildman–Crippen MR) is 147 cm³/mol. The highest BCUT2D eigenvalue weighted by atomic mass is 32.2. The maximum Gasteiger partial charge on any atom is 0.435 e. The number of para-hydroxylation sites is 1. The van der Waals surface area contributed by atoms with E-state index < -0.39 is 42.9 Å². The van der Waals surface area contributed by atoms with Gasteiger partial charge >= 0.3 is 6.18 Å². The molecular formula is C28H29F3N4O6S. The standard InChI is InChI=1S/C28H29F3N4O6S/c1-16(2)12-13-22-32-26(36)24(27(37)35(22)23-20(40-4)10-7-11-21(23)41-5)42(38,39)18-9-6-8-17(14-18)19-15-34(3)33-25(19)28(29,30)31/h6-11,14-16,36H,12-13H2,1-5H3. The molecule has 0 aliphatic heterocycles. The fourth-order valence-electron chi connectivity index (χ4n) is 4.50. The van der Waals surface area contributed by atoms with E-state index in [1.54, 1.807) is 18.2 Å². The number of ether oxygens (including phenoxy) is 2. The van der Waals surface area contributed by atoms with Gasteiger partial charge in [-0.1, -0.05) is 32.0 Å². The Bertz CT molecular complexity index is 1770. The van der Waals surface area contributed by atoms with Gasteiger partial charge in [-0.2, -0.15) is 23.3 Å². The van der Waals surface area contributed by atoms with Gasteiger partial charge in [0.2, 0.25) is 15.7 Å². The Balaban J connectivity index is 1.99. The van der Waals surface area contributed by atoms with Crippen LogP contribution in [-0.2, 0) is 29.5 Å². The van der Waals surface area contributed by atoms with Crippen molar-refractivity contribution in [3.63, 3.8) is 0 Å². The van der Waals surface area contributed by atoms with Crippen LogP contribution in [0.1, 0.15) is 31.8 Å². The van der Waals surface area contributed by atoms with Gasteiger partial charge < -0.3 is 14.6 Å². The quantitative estimate of drug-likeness (QED) is 0.288. The second-order valence-electron chi connectivity index (χ2n) is 9.86. The molecule has 2 aromatic heterocycles. The van der Waals surface area contributed by atoms with Gasteiger partial charge in [-0.25, -0.2) is 8.42 Å². The first kappa shape index (κ1) is 30.6. The Kier molecular flexibility index (Phi) is 8.39. The molecule has 0 spiro atoms. The van der Waals surface area contributed by atoms with Crippen molar-refractivity contribution in [1.82, 2.24) is 19.3 Å². The first-order valence-electron chi connectivity index (χ1n) is 12.7. The molecule has 0 saturated carbocycles. The summed E-state index contributed by atoms with van der Waals surface area (Å²) in [6, 6.07) is 9.34. The topological polar surface area (TPSA) is 126 Å². The smallest absolute Gasteiger partial charge is 0.435 e. The van der Waals surface area contributed by atoms with Crippen LogP contribution < -0.4 is 15.0 Å².